The molecule has 2 nitrogen and oxygen atoms in total. The lowest BCUT2D eigenvalue weighted by atomic mass is 9.77. The van der Waals surface area contributed by atoms with Crippen LogP contribution in [0.1, 0.15) is 60.3 Å². The second-order valence-electron chi connectivity index (χ2n) is 6.74. The first-order valence-electron chi connectivity index (χ1n) is 6.96. The average Bonchev–Trinajstić information content (AvgIpc) is 2.47. The van der Waals surface area contributed by atoms with Crippen molar-refractivity contribution < 1.29 is 13.7 Å². The van der Waals surface area contributed by atoms with E-state index in [2.05, 4.69) is 6.92 Å². The molecule has 4 heteroatoms. The van der Waals surface area contributed by atoms with Crippen LogP contribution in [-0.2, 0) is 9.31 Å². The molecule has 0 aromatic rings. The Morgan fingerprint density at radius 2 is 1.78 bits per heavy atom. The Bertz CT molecular complexity index is 347. The van der Waals surface area contributed by atoms with E-state index in [1.54, 1.807) is 0 Å². The predicted molar refractivity (Wildman–Crippen MR) is 71.8 cm³/mol. The van der Waals surface area contributed by atoms with Crippen LogP contribution in [0.5, 0.6) is 0 Å². The summed E-state index contributed by atoms with van der Waals surface area (Å²) in [5.41, 5.74) is -0.210. The molecule has 1 heterocycles. The van der Waals surface area contributed by atoms with Crippen LogP contribution < -0.4 is 0 Å². The topological polar surface area (TPSA) is 18.5 Å². The van der Waals surface area contributed by atoms with Gasteiger partial charge < -0.3 is 9.31 Å². The lowest BCUT2D eigenvalue weighted by Crippen LogP contribution is -2.41. The maximum Gasteiger partial charge on any atom is 0.525 e. The Hall–Kier alpha value is -0.345. The molecule has 2 fully saturated rings. The van der Waals surface area contributed by atoms with E-state index in [-0.39, 0.29) is 5.73 Å². The second-order valence-corrected chi connectivity index (χ2v) is 6.74. The minimum atomic E-state index is -0.810. The molecule has 1 saturated carbocycles. The first-order valence-corrected chi connectivity index (χ1v) is 6.96. The van der Waals surface area contributed by atoms with E-state index < -0.39 is 18.3 Å². The highest BCUT2D eigenvalue weighted by molar-refractivity contribution is 6.53. The van der Waals surface area contributed by atoms with Gasteiger partial charge in [-0.1, -0.05) is 13.3 Å². The second kappa shape index (κ2) is 4.64. The molecule has 0 radical (unpaired) electrons. The third-order valence-corrected chi connectivity index (χ3v) is 4.57. The summed E-state index contributed by atoms with van der Waals surface area (Å²) in [5, 5.41) is 0. The van der Waals surface area contributed by atoms with Crippen LogP contribution in [0.25, 0.3) is 0 Å². The molecule has 0 spiro atoms. The first-order chi connectivity index (χ1) is 8.23. The van der Waals surface area contributed by atoms with Crippen molar-refractivity contribution in [2.75, 3.05) is 0 Å². The molecule has 1 aliphatic carbocycles. The summed E-state index contributed by atoms with van der Waals surface area (Å²) in [7, 11) is -0.810. The number of rotatable bonds is 1. The molecule has 18 heavy (non-hydrogen) atoms. The molecule has 2 aliphatic rings. The van der Waals surface area contributed by atoms with Gasteiger partial charge in [-0.05, 0) is 58.4 Å². The van der Waals surface area contributed by atoms with Gasteiger partial charge >= 0.3 is 7.12 Å². The van der Waals surface area contributed by atoms with Crippen LogP contribution in [0.2, 0.25) is 0 Å². The third-order valence-electron chi connectivity index (χ3n) is 4.57. The van der Waals surface area contributed by atoms with Gasteiger partial charge in [0, 0.05) is 0 Å². The van der Waals surface area contributed by atoms with E-state index in [1.807, 2.05) is 27.7 Å². The van der Waals surface area contributed by atoms with Gasteiger partial charge in [0.05, 0.1) is 11.2 Å². The summed E-state index contributed by atoms with van der Waals surface area (Å²) in [6.45, 7) is 9.99. The number of halogens is 1. The van der Waals surface area contributed by atoms with Crippen molar-refractivity contribution in [2.24, 2.45) is 5.92 Å². The summed E-state index contributed by atoms with van der Waals surface area (Å²) in [5.74, 6) is 0.571. The lowest BCUT2D eigenvalue weighted by molar-refractivity contribution is 0.00578. The Kier molecular flexibility index (Phi) is 3.63. The standard InChI is InChI=1S/C14H24BFO2/c1-10-7-6-8-11(9-10)12(16)15-17-13(2,3)14(4,5)18-15/h10H,6-9H2,1-5H3. The van der Waals surface area contributed by atoms with Gasteiger partial charge in [0.1, 0.15) is 5.73 Å². The highest BCUT2D eigenvalue weighted by atomic mass is 19.1. The molecular weight excluding hydrogens is 230 g/mol. The van der Waals surface area contributed by atoms with Gasteiger partial charge in [-0.15, -0.1) is 0 Å². The van der Waals surface area contributed by atoms with Crippen molar-refractivity contribution >= 4 is 7.12 Å². The monoisotopic (exact) mass is 254 g/mol. The molecule has 1 unspecified atom stereocenters. The Morgan fingerprint density at radius 3 is 2.28 bits per heavy atom. The zero-order valence-corrected chi connectivity index (χ0v) is 12.2. The largest absolute Gasteiger partial charge is 0.525 e. The molecule has 1 atom stereocenters. The van der Waals surface area contributed by atoms with Crippen molar-refractivity contribution in [3.8, 4) is 0 Å². The highest BCUT2D eigenvalue weighted by Crippen LogP contribution is 2.41. The molecule has 1 aliphatic heterocycles. The average molecular weight is 254 g/mol. The SMILES string of the molecule is CC1CCCC(=C(F)B2OC(C)(C)C(C)(C)O2)C1. The summed E-state index contributed by atoms with van der Waals surface area (Å²) in [6.07, 6.45) is 3.96. The molecular formula is C14H24BFO2. The van der Waals surface area contributed by atoms with Crippen LogP contribution in [0.15, 0.2) is 11.3 Å². The fourth-order valence-corrected chi connectivity index (χ4v) is 2.62. The van der Waals surface area contributed by atoms with Gasteiger partial charge in [0.2, 0.25) is 0 Å². The van der Waals surface area contributed by atoms with Gasteiger partial charge in [-0.3, -0.25) is 0 Å². The number of hydrogen-bond acceptors (Lipinski definition) is 2. The summed E-state index contributed by atoms with van der Waals surface area (Å²) >= 11 is 0. The lowest BCUT2D eigenvalue weighted by Gasteiger charge is -2.32. The third kappa shape index (κ3) is 2.50. The number of hydrogen-bond donors (Lipinski definition) is 0. The van der Waals surface area contributed by atoms with E-state index in [0.717, 1.165) is 24.8 Å². The van der Waals surface area contributed by atoms with Gasteiger partial charge in [-0.25, -0.2) is 4.39 Å². The maximum atomic E-state index is 14.5. The van der Waals surface area contributed by atoms with Crippen LogP contribution >= 0.6 is 0 Å². The fourth-order valence-electron chi connectivity index (χ4n) is 2.62. The zero-order chi connectivity index (χ0) is 13.6. The van der Waals surface area contributed by atoms with Crippen LogP contribution in [0.3, 0.4) is 0 Å². The van der Waals surface area contributed by atoms with E-state index in [9.17, 15) is 4.39 Å². The van der Waals surface area contributed by atoms with E-state index >= 15 is 0 Å². The molecule has 102 valence electrons. The van der Waals surface area contributed by atoms with Crippen molar-refractivity contribution in [3.05, 3.63) is 11.3 Å². The molecule has 0 amide bonds. The molecule has 2 rings (SSSR count). The molecule has 0 aromatic heterocycles. The highest BCUT2D eigenvalue weighted by Gasteiger charge is 2.53. The normalized spacial score (nSPS) is 33.7. The van der Waals surface area contributed by atoms with Gasteiger partial charge in [0.25, 0.3) is 0 Å². The van der Waals surface area contributed by atoms with Crippen LogP contribution in [0.4, 0.5) is 4.39 Å². The zero-order valence-electron chi connectivity index (χ0n) is 12.2. The van der Waals surface area contributed by atoms with Crippen molar-refractivity contribution in [3.63, 3.8) is 0 Å². The van der Waals surface area contributed by atoms with Crippen LogP contribution in [-0.4, -0.2) is 18.3 Å². The Balaban J connectivity index is 2.16. The Morgan fingerprint density at radius 1 is 1.22 bits per heavy atom. The van der Waals surface area contributed by atoms with Crippen molar-refractivity contribution in [1.82, 2.24) is 0 Å². The van der Waals surface area contributed by atoms with Gasteiger partial charge in [-0.2, -0.15) is 0 Å². The summed E-state index contributed by atoms with van der Waals surface area (Å²) in [6, 6.07) is 0. The number of allylic oxidation sites excluding steroid dienone is 1. The first kappa shape index (κ1) is 14.1. The van der Waals surface area contributed by atoms with Crippen molar-refractivity contribution in [2.45, 2.75) is 71.5 Å². The van der Waals surface area contributed by atoms with Gasteiger partial charge in [0.15, 0.2) is 0 Å². The smallest absolute Gasteiger partial charge is 0.398 e. The Labute approximate surface area is 110 Å². The molecule has 0 bridgehead atoms. The quantitative estimate of drug-likeness (QED) is 0.657. The van der Waals surface area contributed by atoms with E-state index in [1.165, 1.54) is 6.42 Å². The molecule has 1 saturated heterocycles. The van der Waals surface area contributed by atoms with E-state index in [0.29, 0.717) is 5.92 Å². The molecule has 0 N–H and O–H groups in total. The van der Waals surface area contributed by atoms with Crippen LogP contribution in [0, 0.1) is 5.92 Å². The predicted octanol–water partition coefficient (Wildman–Crippen LogP) is 4.05. The fraction of sp³-hybridized carbons (Fsp3) is 0.857. The maximum absolute atomic E-state index is 14.5. The minimum absolute atomic E-state index is 0.180. The van der Waals surface area contributed by atoms with E-state index in [4.69, 9.17) is 9.31 Å². The molecule has 0 aromatic carbocycles. The van der Waals surface area contributed by atoms with Crippen molar-refractivity contribution in [1.29, 1.82) is 0 Å². The summed E-state index contributed by atoms with van der Waals surface area (Å²) in [4.78, 5) is 0. The minimum Gasteiger partial charge on any atom is -0.398 e. The summed E-state index contributed by atoms with van der Waals surface area (Å²) < 4.78 is 26.0.